The molecule has 3 aromatic rings. The largest absolute Gasteiger partial charge is 0.352 e. The van der Waals surface area contributed by atoms with E-state index in [2.05, 4.69) is 5.32 Å². The number of hydrogen-bond acceptors (Lipinski definition) is 4. The number of sulfonamides is 1. The molecule has 41 heavy (non-hydrogen) atoms. The lowest BCUT2D eigenvalue weighted by atomic mass is 9.95. The molecule has 1 fully saturated rings. The van der Waals surface area contributed by atoms with E-state index < -0.39 is 28.5 Å². The van der Waals surface area contributed by atoms with Crippen LogP contribution in [0.3, 0.4) is 0 Å². The smallest absolute Gasteiger partial charge is 0.264 e. The van der Waals surface area contributed by atoms with Crippen molar-refractivity contribution in [3.8, 4) is 0 Å². The van der Waals surface area contributed by atoms with Crippen LogP contribution in [0.15, 0.2) is 77.7 Å². The number of aryl methyl sites for hydroxylation is 2. The quantitative estimate of drug-likeness (QED) is 0.311. The molecule has 3 aromatic carbocycles. The zero-order valence-electron chi connectivity index (χ0n) is 23.8. The predicted molar refractivity (Wildman–Crippen MR) is 163 cm³/mol. The van der Waals surface area contributed by atoms with Crippen LogP contribution in [0.5, 0.6) is 0 Å². The zero-order valence-corrected chi connectivity index (χ0v) is 25.4. The van der Waals surface area contributed by atoms with Crippen LogP contribution in [0, 0.1) is 13.8 Å². The van der Waals surface area contributed by atoms with Crippen molar-refractivity contribution in [1.29, 1.82) is 0 Å². The van der Waals surface area contributed by atoms with E-state index in [0.717, 1.165) is 47.5 Å². The van der Waals surface area contributed by atoms with Gasteiger partial charge < -0.3 is 10.2 Å². The van der Waals surface area contributed by atoms with Gasteiger partial charge >= 0.3 is 0 Å². The third kappa shape index (κ3) is 7.49. The van der Waals surface area contributed by atoms with Gasteiger partial charge in [0, 0.05) is 17.6 Å². The molecule has 1 saturated carbocycles. The minimum atomic E-state index is -4.10. The van der Waals surface area contributed by atoms with E-state index in [4.69, 9.17) is 11.6 Å². The maximum atomic E-state index is 14.1. The molecule has 4 rings (SSSR count). The van der Waals surface area contributed by atoms with Gasteiger partial charge in [-0.2, -0.15) is 0 Å². The monoisotopic (exact) mass is 595 g/mol. The second kappa shape index (κ2) is 13.5. The Hall–Kier alpha value is -3.36. The number of nitrogens with zero attached hydrogens (tertiary/aromatic N) is 2. The second-order valence-electron chi connectivity index (χ2n) is 10.7. The minimum Gasteiger partial charge on any atom is -0.352 e. The van der Waals surface area contributed by atoms with E-state index in [-0.39, 0.29) is 23.4 Å². The van der Waals surface area contributed by atoms with Gasteiger partial charge in [0.15, 0.2) is 0 Å². The number of halogens is 1. The van der Waals surface area contributed by atoms with Crippen molar-refractivity contribution in [3.05, 3.63) is 94.5 Å². The predicted octanol–water partition coefficient (Wildman–Crippen LogP) is 6.02. The first kappa shape index (κ1) is 30.6. The van der Waals surface area contributed by atoms with Crippen molar-refractivity contribution >= 4 is 39.1 Å². The van der Waals surface area contributed by atoms with Gasteiger partial charge in [-0.1, -0.05) is 73.3 Å². The van der Waals surface area contributed by atoms with Gasteiger partial charge in [-0.25, -0.2) is 8.42 Å². The average Bonchev–Trinajstić information content (AvgIpc) is 2.97. The summed E-state index contributed by atoms with van der Waals surface area (Å²) in [6.45, 7) is 5.10. The standard InChI is InChI=1S/C32H38ClN3O4S/c1-23-18-19-28(20-24(23)2)36(41(39,40)29-15-8-5-9-16-29)22-31(37)35(21-26-12-10-11-17-30(26)33)25(3)32(38)34-27-13-6-4-7-14-27/h5,8-12,15-20,25,27H,4,6-7,13-14,21-22H2,1-3H3,(H,34,38)/t25-/m0/s1. The molecule has 218 valence electrons. The summed E-state index contributed by atoms with van der Waals surface area (Å²) in [6.07, 6.45) is 5.09. The highest BCUT2D eigenvalue weighted by Gasteiger charge is 2.33. The summed E-state index contributed by atoms with van der Waals surface area (Å²) in [5.74, 6) is -0.769. The van der Waals surface area contributed by atoms with Crippen LogP contribution in [-0.2, 0) is 26.2 Å². The molecular weight excluding hydrogens is 558 g/mol. The van der Waals surface area contributed by atoms with Crippen molar-refractivity contribution < 1.29 is 18.0 Å². The third-order valence-corrected chi connectivity index (χ3v) is 9.96. The fourth-order valence-corrected chi connectivity index (χ4v) is 6.71. The molecule has 0 radical (unpaired) electrons. The highest BCUT2D eigenvalue weighted by atomic mass is 35.5. The maximum Gasteiger partial charge on any atom is 0.264 e. The first-order valence-electron chi connectivity index (χ1n) is 14.1. The summed E-state index contributed by atoms with van der Waals surface area (Å²) in [5.41, 5.74) is 2.95. The first-order chi connectivity index (χ1) is 19.6. The van der Waals surface area contributed by atoms with Gasteiger partial charge in [-0.3, -0.25) is 13.9 Å². The Kier molecular flexibility index (Phi) is 10.1. The molecule has 0 saturated heterocycles. The summed E-state index contributed by atoms with van der Waals surface area (Å²) in [4.78, 5) is 29.0. The molecule has 1 aliphatic carbocycles. The lowest BCUT2D eigenvalue weighted by Crippen LogP contribution is -2.53. The number of carbonyl (C=O) groups is 2. The number of rotatable bonds is 10. The Balaban J connectivity index is 1.69. The lowest BCUT2D eigenvalue weighted by Gasteiger charge is -2.33. The SMILES string of the molecule is Cc1ccc(N(CC(=O)N(Cc2ccccc2Cl)[C@@H](C)C(=O)NC2CCCCC2)S(=O)(=O)c2ccccc2)cc1C. The summed E-state index contributed by atoms with van der Waals surface area (Å²) in [6, 6.07) is 19.7. The van der Waals surface area contributed by atoms with Gasteiger partial charge in [0.25, 0.3) is 10.0 Å². The Morgan fingerprint density at radius 2 is 1.59 bits per heavy atom. The van der Waals surface area contributed by atoms with E-state index in [1.165, 1.54) is 17.0 Å². The van der Waals surface area contributed by atoms with E-state index >= 15 is 0 Å². The zero-order chi connectivity index (χ0) is 29.6. The molecule has 2 amide bonds. The second-order valence-corrected chi connectivity index (χ2v) is 13.0. The van der Waals surface area contributed by atoms with Crippen LogP contribution in [0.4, 0.5) is 5.69 Å². The molecule has 0 bridgehead atoms. The van der Waals surface area contributed by atoms with Gasteiger partial charge in [0.05, 0.1) is 10.6 Å². The average molecular weight is 596 g/mol. The van der Waals surface area contributed by atoms with Crippen molar-refractivity contribution in [3.63, 3.8) is 0 Å². The van der Waals surface area contributed by atoms with Gasteiger partial charge in [0.2, 0.25) is 11.8 Å². The highest BCUT2D eigenvalue weighted by molar-refractivity contribution is 7.92. The number of nitrogens with one attached hydrogen (secondary N) is 1. The van der Waals surface area contributed by atoms with Crippen molar-refractivity contribution in [2.75, 3.05) is 10.8 Å². The summed E-state index contributed by atoms with van der Waals surface area (Å²) >= 11 is 6.45. The Morgan fingerprint density at radius 1 is 0.927 bits per heavy atom. The molecule has 9 heteroatoms. The molecule has 7 nitrogen and oxygen atoms in total. The number of carbonyl (C=O) groups excluding carboxylic acids is 2. The number of anilines is 1. The normalized spacial score (nSPS) is 14.7. The molecule has 0 spiro atoms. The van der Waals surface area contributed by atoms with Crippen molar-refractivity contribution in [2.24, 2.45) is 0 Å². The fraction of sp³-hybridized carbons (Fsp3) is 0.375. The van der Waals surface area contributed by atoms with E-state index in [1.807, 2.05) is 26.0 Å². The van der Waals surface area contributed by atoms with Crippen LogP contribution in [0.2, 0.25) is 5.02 Å². The number of benzene rings is 3. The van der Waals surface area contributed by atoms with E-state index in [0.29, 0.717) is 16.3 Å². The van der Waals surface area contributed by atoms with Crippen LogP contribution in [0.25, 0.3) is 0 Å². The van der Waals surface area contributed by atoms with Gasteiger partial charge in [0.1, 0.15) is 12.6 Å². The topological polar surface area (TPSA) is 86.8 Å². The van der Waals surface area contributed by atoms with Crippen LogP contribution in [0.1, 0.15) is 55.7 Å². The summed E-state index contributed by atoms with van der Waals surface area (Å²) < 4.78 is 29.0. The molecule has 1 N–H and O–H groups in total. The first-order valence-corrected chi connectivity index (χ1v) is 15.9. The van der Waals surface area contributed by atoms with Crippen LogP contribution in [-0.4, -0.2) is 43.8 Å². The molecule has 0 aliphatic heterocycles. The van der Waals surface area contributed by atoms with E-state index in [9.17, 15) is 18.0 Å². The van der Waals surface area contributed by atoms with Gasteiger partial charge in [-0.05, 0) is 80.6 Å². The van der Waals surface area contributed by atoms with E-state index in [1.54, 1.807) is 55.5 Å². The Bertz CT molecular complexity index is 1470. The molecule has 0 unspecified atom stereocenters. The maximum absolute atomic E-state index is 14.1. The lowest BCUT2D eigenvalue weighted by molar-refractivity contribution is -0.139. The minimum absolute atomic E-state index is 0.0594. The molecule has 1 atom stereocenters. The fourth-order valence-electron chi connectivity index (χ4n) is 5.09. The molecular formula is C32H38ClN3O4S. The summed E-state index contributed by atoms with van der Waals surface area (Å²) in [5, 5.41) is 3.58. The van der Waals surface area contributed by atoms with Crippen LogP contribution < -0.4 is 9.62 Å². The Morgan fingerprint density at radius 3 is 2.24 bits per heavy atom. The molecule has 0 aromatic heterocycles. The third-order valence-electron chi connectivity index (χ3n) is 7.81. The Labute approximate surface area is 248 Å². The highest BCUT2D eigenvalue weighted by Crippen LogP contribution is 2.27. The van der Waals surface area contributed by atoms with Crippen LogP contribution >= 0.6 is 11.6 Å². The van der Waals surface area contributed by atoms with Gasteiger partial charge in [-0.15, -0.1) is 0 Å². The summed E-state index contributed by atoms with van der Waals surface area (Å²) in [7, 11) is -4.10. The van der Waals surface area contributed by atoms with Crippen molar-refractivity contribution in [1.82, 2.24) is 10.2 Å². The molecule has 1 aliphatic rings. The number of hydrogen-bond donors (Lipinski definition) is 1. The number of amides is 2. The van der Waals surface area contributed by atoms with Crippen molar-refractivity contribution in [2.45, 2.75) is 76.4 Å². The molecule has 0 heterocycles.